The van der Waals surface area contributed by atoms with E-state index in [1.165, 1.54) is 39.8 Å². The van der Waals surface area contributed by atoms with E-state index in [1.54, 1.807) is 11.3 Å². The lowest BCUT2D eigenvalue weighted by Gasteiger charge is -2.15. The molecule has 0 radical (unpaired) electrons. The van der Waals surface area contributed by atoms with Crippen LogP contribution in [-0.2, 0) is 19.4 Å². The van der Waals surface area contributed by atoms with Gasteiger partial charge in [0.1, 0.15) is 0 Å². The molecule has 0 spiro atoms. The number of benzene rings is 2. The summed E-state index contributed by atoms with van der Waals surface area (Å²) in [7, 11) is 0. The molecule has 1 aliphatic carbocycles. The van der Waals surface area contributed by atoms with Gasteiger partial charge in [0, 0.05) is 12.1 Å². The minimum Gasteiger partial charge on any atom is -0.312 e. The van der Waals surface area contributed by atoms with E-state index in [-0.39, 0.29) is 5.91 Å². The third-order valence-electron chi connectivity index (χ3n) is 5.22. The molecular weight excluding hydrogens is 352 g/mol. The molecule has 1 aromatic heterocycles. The average Bonchev–Trinajstić information content (AvgIpc) is 2.99. The number of thiazole rings is 1. The molecule has 0 N–H and O–H groups in total. The van der Waals surface area contributed by atoms with E-state index in [2.05, 4.69) is 48.2 Å². The number of nitrogens with zero attached hydrogens (tertiary/aromatic N) is 2. The predicted molar refractivity (Wildman–Crippen MR) is 112 cm³/mol. The minimum atomic E-state index is -0.165. The molecule has 3 aromatic rings. The van der Waals surface area contributed by atoms with Gasteiger partial charge >= 0.3 is 0 Å². The summed E-state index contributed by atoms with van der Waals surface area (Å²) in [6.45, 7) is 8.71. The van der Waals surface area contributed by atoms with Crippen molar-refractivity contribution >= 4 is 27.5 Å². The van der Waals surface area contributed by atoms with Crippen LogP contribution in [0.15, 0.2) is 48.0 Å². The van der Waals surface area contributed by atoms with Crippen molar-refractivity contribution in [2.45, 2.75) is 46.1 Å². The van der Waals surface area contributed by atoms with Crippen molar-refractivity contribution in [3.8, 4) is 0 Å². The maximum absolute atomic E-state index is 12.9. The normalized spacial score (nSPS) is 14.4. The Morgan fingerprint density at radius 2 is 1.96 bits per heavy atom. The summed E-state index contributed by atoms with van der Waals surface area (Å²) in [5.74, 6) is -0.165. The Kier molecular flexibility index (Phi) is 4.83. The second-order valence-corrected chi connectivity index (χ2v) is 8.30. The highest BCUT2D eigenvalue weighted by atomic mass is 32.1. The van der Waals surface area contributed by atoms with Gasteiger partial charge in [0.2, 0.25) is 0 Å². The van der Waals surface area contributed by atoms with Gasteiger partial charge in [-0.25, -0.2) is 0 Å². The Bertz CT molecular complexity index is 1120. The van der Waals surface area contributed by atoms with Crippen LogP contribution in [-0.4, -0.2) is 10.5 Å². The Morgan fingerprint density at radius 3 is 2.74 bits per heavy atom. The van der Waals surface area contributed by atoms with Crippen LogP contribution in [0.2, 0.25) is 0 Å². The SMILES string of the molecule is C=CCn1c(=NC(=O)c2ccc3c(c2)CCCC3)sc2c(C)cc(C)cc21. The van der Waals surface area contributed by atoms with Gasteiger partial charge in [0.05, 0.1) is 10.2 Å². The first-order chi connectivity index (χ1) is 13.1. The number of fused-ring (bicyclic) bond motifs is 2. The third kappa shape index (κ3) is 3.42. The molecule has 138 valence electrons. The first kappa shape index (κ1) is 17.9. The summed E-state index contributed by atoms with van der Waals surface area (Å²) in [5, 5.41) is 0. The van der Waals surface area contributed by atoms with E-state index in [1.807, 2.05) is 18.2 Å². The van der Waals surface area contributed by atoms with Crippen molar-refractivity contribution < 1.29 is 4.79 Å². The van der Waals surface area contributed by atoms with E-state index in [9.17, 15) is 4.79 Å². The molecule has 4 rings (SSSR count). The van der Waals surface area contributed by atoms with Gasteiger partial charge in [-0.2, -0.15) is 4.99 Å². The maximum Gasteiger partial charge on any atom is 0.279 e. The average molecular weight is 377 g/mol. The Hall–Kier alpha value is -2.46. The third-order valence-corrected chi connectivity index (χ3v) is 6.45. The summed E-state index contributed by atoms with van der Waals surface area (Å²) in [6, 6.07) is 10.4. The molecule has 0 saturated heterocycles. The van der Waals surface area contributed by atoms with Crippen molar-refractivity contribution in [1.82, 2.24) is 4.57 Å². The second kappa shape index (κ2) is 7.28. The topological polar surface area (TPSA) is 34.4 Å². The molecule has 1 amide bonds. The van der Waals surface area contributed by atoms with Gasteiger partial charge in [0.25, 0.3) is 5.91 Å². The molecular formula is C23H24N2OS. The molecule has 27 heavy (non-hydrogen) atoms. The number of carbonyl (C=O) groups is 1. The number of hydrogen-bond acceptors (Lipinski definition) is 2. The van der Waals surface area contributed by atoms with Gasteiger partial charge in [0.15, 0.2) is 4.80 Å². The minimum absolute atomic E-state index is 0.165. The fourth-order valence-electron chi connectivity index (χ4n) is 3.92. The lowest BCUT2D eigenvalue weighted by molar-refractivity contribution is 0.0997. The quantitative estimate of drug-likeness (QED) is 0.584. The van der Waals surface area contributed by atoms with Crippen molar-refractivity contribution in [2.75, 3.05) is 0 Å². The lowest BCUT2D eigenvalue weighted by atomic mass is 9.90. The smallest absolute Gasteiger partial charge is 0.279 e. The van der Waals surface area contributed by atoms with Gasteiger partial charge in [-0.3, -0.25) is 4.79 Å². The van der Waals surface area contributed by atoms with Crippen LogP contribution in [0, 0.1) is 13.8 Å². The molecule has 2 aromatic carbocycles. The van der Waals surface area contributed by atoms with Crippen molar-refractivity contribution in [3.63, 3.8) is 0 Å². The van der Waals surface area contributed by atoms with Crippen molar-refractivity contribution in [2.24, 2.45) is 4.99 Å². The van der Waals surface area contributed by atoms with Crippen LogP contribution < -0.4 is 4.80 Å². The fourth-order valence-corrected chi connectivity index (χ4v) is 5.01. The largest absolute Gasteiger partial charge is 0.312 e. The number of carbonyl (C=O) groups excluding carboxylic acids is 1. The van der Waals surface area contributed by atoms with Gasteiger partial charge in [-0.05, 0) is 80.0 Å². The molecule has 0 saturated carbocycles. The van der Waals surface area contributed by atoms with Crippen LogP contribution in [0.4, 0.5) is 0 Å². The van der Waals surface area contributed by atoms with Crippen LogP contribution in [0.1, 0.15) is 45.5 Å². The molecule has 0 bridgehead atoms. The zero-order valence-electron chi connectivity index (χ0n) is 15.9. The first-order valence-corrected chi connectivity index (χ1v) is 10.3. The molecule has 0 atom stereocenters. The zero-order valence-corrected chi connectivity index (χ0v) is 16.7. The number of hydrogen-bond donors (Lipinski definition) is 0. The Morgan fingerprint density at radius 1 is 1.19 bits per heavy atom. The summed E-state index contributed by atoms with van der Waals surface area (Å²) < 4.78 is 3.27. The molecule has 3 nitrogen and oxygen atoms in total. The molecule has 1 aliphatic rings. The fraction of sp³-hybridized carbons (Fsp3) is 0.304. The van der Waals surface area contributed by atoms with Crippen LogP contribution in [0.5, 0.6) is 0 Å². The summed E-state index contributed by atoms with van der Waals surface area (Å²) in [5.41, 5.74) is 6.93. The van der Waals surface area contributed by atoms with Gasteiger partial charge in [-0.1, -0.05) is 29.5 Å². The highest BCUT2D eigenvalue weighted by Crippen LogP contribution is 2.24. The summed E-state index contributed by atoms with van der Waals surface area (Å²) in [4.78, 5) is 18.1. The lowest BCUT2D eigenvalue weighted by Crippen LogP contribution is -2.16. The van der Waals surface area contributed by atoms with Crippen LogP contribution >= 0.6 is 11.3 Å². The molecule has 1 heterocycles. The standard InChI is InChI=1S/C23H24N2OS/c1-4-11-25-20-13-15(2)12-16(3)21(20)27-23(25)24-22(26)19-10-9-17-7-5-6-8-18(17)14-19/h4,9-10,12-14H,1,5-8,11H2,2-3H3. The first-order valence-electron chi connectivity index (χ1n) is 9.49. The second-order valence-electron chi connectivity index (χ2n) is 7.32. The van der Waals surface area contributed by atoms with Gasteiger partial charge in [-0.15, -0.1) is 6.58 Å². The van der Waals surface area contributed by atoms with E-state index in [0.717, 1.165) is 23.2 Å². The van der Waals surface area contributed by atoms with Crippen molar-refractivity contribution in [1.29, 1.82) is 0 Å². The van der Waals surface area contributed by atoms with E-state index in [0.29, 0.717) is 12.1 Å². The summed E-state index contributed by atoms with van der Waals surface area (Å²) in [6.07, 6.45) is 6.48. The highest BCUT2D eigenvalue weighted by Gasteiger charge is 2.14. The molecule has 0 aliphatic heterocycles. The van der Waals surface area contributed by atoms with E-state index in [4.69, 9.17) is 0 Å². The Balaban J connectivity index is 1.82. The maximum atomic E-state index is 12.9. The van der Waals surface area contributed by atoms with Crippen LogP contribution in [0.3, 0.4) is 0 Å². The number of aryl methyl sites for hydroxylation is 4. The molecule has 0 unspecified atom stereocenters. The predicted octanol–water partition coefficient (Wildman–Crippen LogP) is 5.13. The summed E-state index contributed by atoms with van der Waals surface area (Å²) >= 11 is 1.58. The van der Waals surface area contributed by atoms with Crippen molar-refractivity contribution in [3.05, 3.63) is 75.6 Å². The number of allylic oxidation sites excluding steroid dienone is 1. The monoisotopic (exact) mass is 376 g/mol. The number of amides is 1. The zero-order chi connectivity index (χ0) is 19.0. The van der Waals surface area contributed by atoms with Crippen LogP contribution in [0.25, 0.3) is 10.2 Å². The molecule has 0 fully saturated rings. The van der Waals surface area contributed by atoms with Gasteiger partial charge < -0.3 is 4.57 Å². The number of rotatable bonds is 3. The molecule has 4 heteroatoms. The van der Waals surface area contributed by atoms with E-state index < -0.39 is 0 Å². The number of aromatic nitrogens is 1. The Labute approximate surface area is 163 Å². The highest BCUT2D eigenvalue weighted by molar-refractivity contribution is 7.16. The van der Waals surface area contributed by atoms with E-state index >= 15 is 0 Å².